The first kappa shape index (κ1) is 14.4. The molecule has 1 aromatic heterocycles. The summed E-state index contributed by atoms with van der Waals surface area (Å²) >= 11 is 0. The zero-order chi connectivity index (χ0) is 14.4. The molecule has 0 bridgehead atoms. The molecule has 4 heteroatoms. The molecule has 0 unspecified atom stereocenters. The number of benzene rings is 1. The minimum atomic E-state index is 0.788. The number of hydrogen-bond donors (Lipinski definition) is 3. The number of H-pyrrole nitrogens is 1. The molecule has 1 heterocycles. The van der Waals surface area contributed by atoms with Crippen LogP contribution < -0.4 is 10.6 Å². The Balaban J connectivity index is 2.07. The first-order valence-corrected chi connectivity index (χ1v) is 7.34. The quantitative estimate of drug-likeness (QED) is 0.579. The van der Waals surface area contributed by atoms with Crippen molar-refractivity contribution in [1.29, 1.82) is 0 Å². The lowest BCUT2D eigenvalue weighted by atomic mass is 10.1. The summed E-state index contributed by atoms with van der Waals surface area (Å²) in [5.41, 5.74) is 3.87. The van der Waals surface area contributed by atoms with E-state index in [4.69, 9.17) is 0 Å². The predicted octanol–water partition coefficient (Wildman–Crippen LogP) is 2.59. The Labute approximate surface area is 120 Å². The van der Waals surface area contributed by atoms with Crippen LogP contribution in [0.4, 0.5) is 0 Å². The van der Waals surface area contributed by atoms with Gasteiger partial charge >= 0.3 is 0 Å². The summed E-state index contributed by atoms with van der Waals surface area (Å²) < 4.78 is 0. The number of nitrogens with zero attached hydrogens (tertiary/aromatic N) is 1. The van der Waals surface area contributed by atoms with Crippen molar-refractivity contribution < 1.29 is 0 Å². The lowest BCUT2D eigenvalue weighted by molar-refractivity contribution is 0.834. The molecular formula is C16H24N4. The van der Waals surface area contributed by atoms with Gasteiger partial charge in [0.2, 0.25) is 0 Å². The molecule has 0 amide bonds. The number of aromatic amines is 1. The lowest BCUT2D eigenvalue weighted by Gasteiger charge is -2.08. The van der Waals surface area contributed by atoms with E-state index in [9.17, 15) is 0 Å². The van der Waals surface area contributed by atoms with Crippen LogP contribution in [0.2, 0.25) is 0 Å². The van der Waals surface area contributed by atoms with Gasteiger partial charge in [0.05, 0.1) is 0 Å². The van der Waals surface area contributed by atoms with Gasteiger partial charge in [-0.3, -0.25) is 4.99 Å². The standard InChI is InChI=1S/C16H24N4/c1-4-17-16(18-5-2)19-10-9-13-11-20-14-8-6-7-12(3)15(13)14/h6-8,11,20H,4-5,9-10H2,1-3H3,(H2,17,18,19). The lowest BCUT2D eigenvalue weighted by Crippen LogP contribution is -2.37. The van der Waals surface area contributed by atoms with Gasteiger partial charge in [-0.1, -0.05) is 12.1 Å². The van der Waals surface area contributed by atoms with Crippen molar-refractivity contribution in [3.63, 3.8) is 0 Å². The highest BCUT2D eigenvalue weighted by atomic mass is 15.2. The predicted molar refractivity (Wildman–Crippen MR) is 86.4 cm³/mol. The summed E-state index contributed by atoms with van der Waals surface area (Å²) in [4.78, 5) is 7.93. The van der Waals surface area contributed by atoms with Gasteiger partial charge < -0.3 is 15.6 Å². The maximum absolute atomic E-state index is 4.60. The Morgan fingerprint density at radius 3 is 2.65 bits per heavy atom. The van der Waals surface area contributed by atoms with Gasteiger partial charge in [-0.15, -0.1) is 0 Å². The molecular weight excluding hydrogens is 248 g/mol. The molecule has 0 saturated carbocycles. The number of aliphatic imine (C=N–C) groups is 1. The Hall–Kier alpha value is -1.97. The second-order valence-electron chi connectivity index (χ2n) is 4.85. The van der Waals surface area contributed by atoms with Crippen LogP contribution in [0, 0.1) is 6.92 Å². The molecule has 0 spiro atoms. The molecule has 2 rings (SSSR count). The van der Waals surface area contributed by atoms with Crippen LogP contribution in [0.3, 0.4) is 0 Å². The molecule has 4 nitrogen and oxygen atoms in total. The molecule has 1 aromatic carbocycles. The maximum atomic E-state index is 4.60. The van der Waals surface area contributed by atoms with Gasteiger partial charge in [0.25, 0.3) is 0 Å². The Morgan fingerprint density at radius 2 is 1.95 bits per heavy atom. The number of fused-ring (bicyclic) bond motifs is 1. The largest absolute Gasteiger partial charge is 0.361 e. The number of guanidine groups is 1. The van der Waals surface area contributed by atoms with Crippen molar-refractivity contribution in [1.82, 2.24) is 15.6 Å². The summed E-state index contributed by atoms with van der Waals surface area (Å²) in [6.45, 7) is 8.88. The van der Waals surface area contributed by atoms with E-state index in [-0.39, 0.29) is 0 Å². The maximum Gasteiger partial charge on any atom is 0.191 e. The summed E-state index contributed by atoms with van der Waals surface area (Å²) in [7, 11) is 0. The first-order valence-electron chi connectivity index (χ1n) is 7.34. The van der Waals surface area contributed by atoms with E-state index in [1.54, 1.807) is 0 Å². The molecule has 0 aliphatic carbocycles. The third-order valence-electron chi connectivity index (χ3n) is 3.34. The van der Waals surface area contributed by atoms with E-state index in [0.717, 1.165) is 32.0 Å². The van der Waals surface area contributed by atoms with Crippen LogP contribution in [-0.2, 0) is 6.42 Å². The van der Waals surface area contributed by atoms with Crippen LogP contribution in [0.25, 0.3) is 10.9 Å². The smallest absolute Gasteiger partial charge is 0.191 e. The molecule has 20 heavy (non-hydrogen) atoms. The van der Waals surface area contributed by atoms with Gasteiger partial charge in [-0.25, -0.2) is 0 Å². The van der Waals surface area contributed by atoms with Gasteiger partial charge in [-0.2, -0.15) is 0 Å². The van der Waals surface area contributed by atoms with Crippen LogP contribution in [0.5, 0.6) is 0 Å². The fourth-order valence-electron chi connectivity index (χ4n) is 2.45. The normalized spacial score (nSPS) is 10.6. The molecule has 108 valence electrons. The van der Waals surface area contributed by atoms with E-state index in [1.165, 1.54) is 22.0 Å². The SMILES string of the molecule is CCNC(=NCCc1c[nH]c2cccc(C)c12)NCC. The zero-order valence-electron chi connectivity index (χ0n) is 12.6. The van der Waals surface area contributed by atoms with Crippen molar-refractivity contribution in [2.75, 3.05) is 19.6 Å². The molecule has 3 N–H and O–H groups in total. The molecule has 0 aliphatic rings. The van der Waals surface area contributed by atoms with Crippen LogP contribution >= 0.6 is 0 Å². The number of rotatable bonds is 5. The van der Waals surface area contributed by atoms with Crippen molar-refractivity contribution >= 4 is 16.9 Å². The van der Waals surface area contributed by atoms with Gasteiger partial charge in [0.15, 0.2) is 5.96 Å². The van der Waals surface area contributed by atoms with Crippen molar-refractivity contribution in [3.05, 3.63) is 35.5 Å². The highest BCUT2D eigenvalue weighted by Crippen LogP contribution is 2.22. The monoisotopic (exact) mass is 272 g/mol. The molecule has 0 aliphatic heterocycles. The van der Waals surface area contributed by atoms with E-state index in [1.807, 2.05) is 0 Å². The summed E-state index contributed by atoms with van der Waals surface area (Å²) in [6, 6.07) is 6.37. The number of nitrogens with one attached hydrogen (secondary N) is 3. The minimum absolute atomic E-state index is 0.788. The molecule has 0 radical (unpaired) electrons. The second kappa shape index (κ2) is 6.98. The summed E-state index contributed by atoms with van der Waals surface area (Å²) in [5, 5.41) is 7.83. The van der Waals surface area contributed by atoms with Gasteiger partial charge in [-0.05, 0) is 44.4 Å². The average Bonchev–Trinajstić information content (AvgIpc) is 2.84. The highest BCUT2D eigenvalue weighted by molar-refractivity contribution is 5.86. The Bertz CT molecular complexity index is 575. The molecule has 2 aromatic rings. The fraction of sp³-hybridized carbons (Fsp3) is 0.438. The summed E-state index contributed by atoms with van der Waals surface area (Å²) in [5.74, 6) is 0.895. The third-order valence-corrected chi connectivity index (χ3v) is 3.34. The number of hydrogen-bond acceptors (Lipinski definition) is 1. The summed E-state index contributed by atoms with van der Waals surface area (Å²) in [6.07, 6.45) is 3.05. The topological polar surface area (TPSA) is 52.2 Å². The van der Waals surface area contributed by atoms with Gasteiger partial charge in [0, 0.05) is 36.7 Å². The van der Waals surface area contributed by atoms with E-state index < -0.39 is 0 Å². The fourth-order valence-corrected chi connectivity index (χ4v) is 2.45. The van der Waals surface area contributed by atoms with Crippen molar-refractivity contribution in [2.24, 2.45) is 4.99 Å². The van der Waals surface area contributed by atoms with Gasteiger partial charge in [0.1, 0.15) is 0 Å². The van der Waals surface area contributed by atoms with E-state index in [2.05, 4.69) is 65.8 Å². The van der Waals surface area contributed by atoms with E-state index >= 15 is 0 Å². The van der Waals surface area contributed by atoms with Crippen molar-refractivity contribution in [2.45, 2.75) is 27.2 Å². The minimum Gasteiger partial charge on any atom is -0.361 e. The average molecular weight is 272 g/mol. The van der Waals surface area contributed by atoms with Crippen LogP contribution in [-0.4, -0.2) is 30.6 Å². The Kier molecular flexibility index (Phi) is 5.04. The van der Waals surface area contributed by atoms with Crippen molar-refractivity contribution in [3.8, 4) is 0 Å². The molecule has 0 fully saturated rings. The van der Waals surface area contributed by atoms with E-state index in [0.29, 0.717) is 0 Å². The third kappa shape index (κ3) is 3.32. The van der Waals surface area contributed by atoms with Crippen LogP contribution in [0.1, 0.15) is 25.0 Å². The molecule has 0 atom stereocenters. The number of aryl methyl sites for hydroxylation is 1. The zero-order valence-corrected chi connectivity index (χ0v) is 12.6. The second-order valence-corrected chi connectivity index (χ2v) is 4.85. The Morgan fingerprint density at radius 1 is 1.20 bits per heavy atom. The first-order chi connectivity index (χ1) is 9.76. The highest BCUT2D eigenvalue weighted by Gasteiger charge is 2.05. The number of aromatic nitrogens is 1. The van der Waals surface area contributed by atoms with Crippen LogP contribution in [0.15, 0.2) is 29.4 Å². The molecule has 0 saturated heterocycles.